The van der Waals surface area contributed by atoms with Gasteiger partial charge in [-0.2, -0.15) is 5.10 Å². The lowest BCUT2D eigenvalue weighted by Crippen LogP contribution is -2.49. The number of rotatable bonds is 8. The Labute approximate surface area is 153 Å². The van der Waals surface area contributed by atoms with E-state index in [4.69, 9.17) is 5.73 Å². The summed E-state index contributed by atoms with van der Waals surface area (Å²) in [6.07, 6.45) is 5.45. The summed E-state index contributed by atoms with van der Waals surface area (Å²) < 4.78 is 1.67. The highest BCUT2D eigenvalue weighted by Crippen LogP contribution is 2.21. The molecule has 8 nitrogen and oxygen atoms in total. The maximum atomic E-state index is 12.8. The highest BCUT2D eigenvalue weighted by atomic mass is 16.2. The second-order valence-electron chi connectivity index (χ2n) is 6.26. The van der Waals surface area contributed by atoms with Gasteiger partial charge in [0.1, 0.15) is 18.7 Å². The van der Waals surface area contributed by atoms with E-state index in [1.54, 1.807) is 23.0 Å². The van der Waals surface area contributed by atoms with Crippen molar-refractivity contribution < 1.29 is 9.59 Å². The van der Waals surface area contributed by atoms with Gasteiger partial charge in [-0.1, -0.05) is 31.9 Å². The van der Waals surface area contributed by atoms with E-state index >= 15 is 0 Å². The first-order valence-electron chi connectivity index (χ1n) is 8.71. The van der Waals surface area contributed by atoms with Crippen molar-refractivity contribution >= 4 is 11.9 Å². The number of likely N-dealkylation sites (N-methyl/N-ethyl adjacent to an activating group) is 1. The molecule has 2 atom stereocenters. The van der Waals surface area contributed by atoms with E-state index in [-0.39, 0.29) is 11.9 Å². The second kappa shape index (κ2) is 8.98. The summed E-state index contributed by atoms with van der Waals surface area (Å²) >= 11 is 0. The van der Waals surface area contributed by atoms with Gasteiger partial charge in [0.05, 0.1) is 11.7 Å². The van der Waals surface area contributed by atoms with Gasteiger partial charge < -0.3 is 16.0 Å². The fraction of sp³-hybridized carbons (Fsp3) is 0.444. The Hall–Kier alpha value is -2.90. The highest BCUT2D eigenvalue weighted by Gasteiger charge is 2.26. The lowest BCUT2D eigenvalue weighted by molar-refractivity contribution is -0.134. The van der Waals surface area contributed by atoms with Gasteiger partial charge in [-0.25, -0.2) is 14.5 Å². The van der Waals surface area contributed by atoms with Gasteiger partial charge in [-0.05, 0) is 31.0 Å². The molecule has 2 aromatic rings. The number of carbonyl (C=O) groups is 2. The third-order valence-corrected chi connectivity index (χ3v) is 4.45. The maximum Gasteiger partial charge on any atom is 0.312 e. The van der Waals surface area contributed by atoms with E-state index < -0.39 is 12.1 Å². The van der Waals surface area contributed by atoms with Crippen LogP contribution < -0.4 is 11.1 Å². The Balaban J connectivity index is 2.09. The van der Waals surface area contributed by atoms with Crippen LogP contribution in [0.25, 0.3) is 5.69 Å². The van der Waals surface area contributed by atoms with E-state index in [1.807, 2.05) is 38.1 Å². The van der Waals surface area contributed by atoms with Crippen LogP contribution in [0.1, 0.15) is 44.7 Å². The highest BCUT2D eigenvalue weighted by molar-refractivity contribution is 5.86. The number of unbranched alkanes of at least 4 members (excludes halogenated alkanes) is 1. The molecule has 2 rings (SSSR count). The Morgan fingerprint density at radius 3 is 2.54 bits per heavy atom. The molecule has 0 fully saturated rings. The first-order valence-corrected chi connectivity index (χ1v) is 8.71. The standard InChI is InChI=1S/C18H26N6O2/c1-4-5-6-16(22-18(19)26)17(25)23(3)13(2)14-7-9-15(10-8-14)24-12-20-11-21-24/h7-13,16H,4-6H2,1-3H3,(H3,19,22,26). The van der Waals surface area contributed by atoms with Crippen LogP contribution in [0, 0.1) is 0 Å². The molecule has 140 valence electrons. The molecule has 1 aromatic heterocycles. The fourth-order valence-electron chi connectivity index (χ4n) is 2.74. The molecule has 8 heteroatoms. The number of nitrogens with one attached hydrogen (secondary N) is 1. The number of aromatic nitrogens is 3. The minimum Gasteiger partial charge on any atom is -0.352 e. The van der Waals surface area contributed by atoms with Crippen LogP contribution in [0.4, 0.5) is 4.79 Å². The van der Waals surface area contributed by atoms with Crippen molar-refractivity contribution in [3.8, 4) is 5.69 Å². The number of benzene rings is 1. The van der Waals surface area contributed by atoms with Gasteiger partial charge >= 0.3 is 6.03 Å². The zero-order valence-electron chi connectivity index (χ0n) is 15.4. The molecule has 0 bridgehead atoms. The van der Waals surface area contributed by atoms with E-state index in [1.165, 1.54) is 6.33 Å². The molecule has 0 aliphatic heterocycles. The summed E-state index contributed by atoms with van der Waals surface area (Å²) in [5.41, 5.74) is 7.10. The SMILES string of the molecule is CCCCC(NC(N)=O)C(=O)N(C)C(C)c1ccc(-n2cncn2)cc1. The molecule has 0 saturated heterocycles. The summed E-state index contributed by atoms with van der Waals surface area (Å²) in [6, 6.07) is 6.32. The zero-order valence-corrected chi connectivity index (χ0v) is 15.4. The third-order valence-electron chi connectivity index (χ3n) is 4.45. The topological polar surface area (TPSA) is 106 Å². The van der Waals surface area contributed by atoms with Crippen LogP contribution in [-0.4, -0.2) is 44.7 Å². The summed E-state index contributed by atoms with van der Waals surface area (Å²) in [5, 5.41) is 6.65. The van der Waals surface area contributed by atoms with Crippen molar-refractivity contribution in [3.63, 3.8) is 0 Å². The Morgan fingerprint density at radius 1 is 1.31 bits per heavy atom. The minimum atomic E-state index is -0.683. The van der Waals surface area contributed by atoms with Crippen molar-refractivity contribution in [2.24, 2.45) is 5.73 Å². The van der Waals surface area contributed by atoms with Crippen molar-refractivity contribution in [1.82, 2.24) is 25.0 Å². The lowest BCUT2D eigenvalue weighted by Gasteiger charge is -2.29. The molecule has 0 aliphatic rings. The molecule has 2 unspecified atom stereocenters. The molecule has 3 N–H and O–H groups in total. The van der Waals surface area contributed by atoms with Gasteiger partial charge in [0.25, 0.3) is 0 Å². The van der Waals surface area contributed by atoms with Gasteiger partial charge in [0.2, 0.25) is 5.91 Å². The number of nitrogens with two attached hydrogens (primary N) is 1. The lowest BCUT2D eigenvalue weighted by atomic mass is 10.0. The summed E-state index contributed by atoms with van der Waals surface area (Å²) in [5.74, 6) is -0.148. The number of hydrogen-bond donors (Lipinski definition) is 2. The second-order valence-corrected chi connectivity index (χ2v) is 6.26. The first kappa shape index (κ1) is 19.4. The van der Waals surface area contributed by atoms with Gasteiger partial charge in [0.15, 0.2) is 0 Å². The molecule has 0 spiro atoms. The largest absolute Gasteiger partial charge is 0.352 e. The van der Waals surface area contributed by atoms with E-state index in [2.05, 4.69) is 15.4 Å². The Morgan fingerprint density at radius 2 is 2.00 bits per heavy atom. The third kappa shape index (κ3) is 4.81. The predicted molar refractivity (Wildman–Crippen MR) is 98.6 cm³/mol. The monoisotopic (exact) mass is 358 g/mol. The van der Waals surface area contributed by atoms with Crippen molar-refractivity contribution in [1.29, 1.82) is 0 Å². The molecule has 1 aromatic carbocycles. The van der Waals surface area contributed by atoms with Crippen molar-refractivity contribution in [3.05, 3.63) is 42.5 Å². The summed E-state index contributed by atoms with van der Waals surface area (Å²) in [6.45, 7) is 3.98. The Bertz CT molecular complexity index is 714. The number of amides is 3. The molecule has 0 radical (unpaired) electrons. The van der Waals surface area contributed by atoms with E-state index in [9.17, 15) is 9.59 Å². The molecule has 0 aliphatic carbocycles. The van der Waals surface area contributed by atoms with Gasteiger partial charge in [0, 0.05) is 7.05 Å². The number of hydrogen-bond acceptors (Lipinski definition) is 4. The Kier molecular flexibility index (Phi) is 6.71. The van der Waals surface area contributed by atoms with Crippen molar-refractivity contribution in [2.75, 3.05) is 7.05 Å². The quantitative estimate of drug-likeness (QED) is 0.753. The normalized spacial score (nSPS) is 13.0. The number of nitrogens with zero attached hydrogens (tertiary/aromatic N) is 4. The first-order chi connectivity index (χ1) is 12.4. The molecule has 3 amide bonds. The molecule has 1 heterocycles. The minimum absolute atomic E-state index is 0.147. The summed E-state index contributed by atoms with van der Waals surface area (Å²) in [7, 11) is 1.74. The van der Waals surface area contributed by atoms with Gasteiger partial charge in [-0.3, -0.25) is 4.79 Å². The zero-order chi connectivity index (χ0) is 19.1. The average Bonchev–Trinajstić information content (AvgIpc) is 3.18. The van der Waals surface area contributed by atoms with E-state index in [0.29, 0.717) is 6.42 Å². The van der Waals surface area contributed by atoms with Gasteiger partial charge in [-0.15, -0.1) is 0 Å². The van der Waals surface area contributed by atoms with Crippen LogP contribution in [-0.2, 0) is 4.79 Å². The summed E-state index contributed by atoms with van der Waals surface area (Å²) in [4.78, 5) is 29.6. The number of primary amides is 1. The predicted octanol–water partition coefficient (Wildman–Crippen LogP) is 2.01. The molecule has 26 heavy (non-hydrogen) atoms. The fourth-order valence-corrected chi connectivity index (χ4v) is 2.74. The smallest absolute Gasteiger partial charge is 0.312 e. The maximum absolute atomic E-state index is 12.8. The molecular formula is C18H26N6O2. The number of carbonyl (C=O) groups excluding carboxylic acids is 2. The molecular weight excluding hydrogens is 332 g/mol. The van der Waals surface area contributed by atoms with Crippen LogP contribution in [0.2, 0.25) is 0 Å². The van der Waals surface area contributed by atoms with E-state index in [0.717, 1.165) is 24.1 Å². The van der Waals surface area contributed by atoms with Crippen LogP contribution >= 0.6 is 0 Å². The van der Waals surface area contributed by atoms with Crippen LogP contribution in [0.5, 0.6) is 0 Å². The number of urea groups is 1. The van der Waals surface area contributed by atoms with Crippen LogP contribution in [0.15, 0.2) is 36.9 Å². The average molecular weight is 358 g/mol. The molecule has 0 saturated carbocycles. The van der Waals surface area contributed by atoms with Crippen LogP contribution in [0.3, 0.4) is 0 Å². The van der Waals surface area contributed by atoms with Crippen molar-refractivity contribution in [2.45, 2.75) is 45.2 Å².